The summed E-state index contributed by atoms with van der Waals surface area (Å²) < 4.78 is 0. The summed E-state index contributed by atoms with van der Waals surface area (Å²) in [7, 11) is 0. The quantitative estimate of drug-likeness (QED) is 0.820. The van der Waals surface area contributed by atoms with Crippen molar-refractivity contribution in [1.82, 2.24) is 10.3 Å². The summed E-state index contributed by atoms with van der Waals surface area (Å²) in [4.78, 5) is 4.61. The Morgan fingerprint density at radius 3 is 2.88 bits per heavy atom. The van der Waals surface area contributed by atoms with E-state index < -0.39 is 5.60 Å². The van der Waals surface area contributed by atoms with Gasteiger partial charge in [-0.25, -0.2) is 4.98 Å². The van der Waals surface area contributed by atoms with Gasteiger partial charge in [0.05, 0.1) is 16.3 Å². The molecule has 17 heavy (non-hydrogen) atoms. The van der Waals surface area contributed by atoms with Crippen LogP contribution in [-0.4, -0.2) is 22.2 Å². The van der Waals surface area contributed by atoms with Gasteiger partial charge in [0.15, 0.2) is 0 Å². The minimum absolute atomic E-state index is 0.257. The summed E-state index contributed by atoms with van der Waals surface area (Å²) in [6.45, 7) is 7.32. The lowest BCUT2D eigenvalue weighted by molar-refractivity contribution is 0.0139. The third-order valence-electron chi connectivity index (χ3n) is 3.53. The normalized spacial score (nSPS) is 19.6. The first-order valence-corrected chi connectivity index (χ1v) is 7.24. The standard InChI is InChI=1S/C13H22N2OS/c1-9(2)13(3,16)8-14-6-11-7-17-12(15-11)10-4-5-10/h7,9-10,14,16H,4-6,8H2,1-3H3. The molecule has 2 rings (SSSR count). The molecule has 4 heteroatoms. The summed E-state index contributed by atoms with van der Waals surface area (Å²) in [5, 5.41) is 16.8. The van der Waals surface area contributed by atoms with Crippen LogP contribution in [0.4, 0.5) is 0 Å². The van der Waals surface area contributed by atoms with Crippen molar-refractivity contribution < 1.29 is 5.11 Å². The van der Waals surface area contributed by atoms with E-state index in [1.807, 2.05) is 20.8 Å². The summed E-state index contributed by atoms with van der Waals surface area (Å²) in [5.74, 6) is 1.000. The Hall–Kier alpha value is -0.450. The zero-order valence-electron chi connectivity index (χ0n) is 10.9. The Kier molecular flexibility index (Phi) is 3.85. The van der Waals surface area contributed by atoms with Crippen LogP contribution < -0.4 is 5.32 Å². The lowest BCUT2D eigenvalue weighted by Gasteiger charge is -2.27. The van der Waals surface area contributed by atoms with Crippen LogP contribution in [0.1, 0.15) is 50.2 Å². The number of thiazole rings is 1. The lowest BCUT2D eigenvalue weighted by atomic mass is 9.92. The highest BCUT2D eigenvalue weighted by atomic mass is 32.1. The second kappa shape index (κ2) is 5.04. The van der Waals surface area contributed by atoms with Crippen molar-refractivity contribution in [3.05, 3.63) is 16.1 Å². The summed E-state index contributed by atoms with van der Waals surface area (Å²) in [6.07, 6.45) is 2.62. The number of nitrogens with zero attached hydrogens (tertiary/aromatic N) is 1. The zero-order valence-corrected chi connectivity index (χ0v) is 11.7. The number of hydrogen-bond donors (Lipinski definition) is 2. The van der Waals surface area contributed by atoms with Gasteiger partial charge in [0.25, 0.3) is 0 Å². The highest BCUT2D eigenvalue weighted by Crippen LogP contribution is 2.41. The Morgan fingerprint density at radius 1 is 1.59 bits per heavy atom. The van der Waals surface area contributed by atoms with Crippen LogP contribution in [0.25, 0.3) is 0 Å². The van der Waals surface area contributed by atoms with Crippen molar-refractivity contribution in [2.45, 2.75) is 51.7 Å². The Bertz CT molecular complexity index is 369. The van der Waals surface area contributed by atoms with Crippen LogP contribution in [0.15, 0.2) is 5.38 Å². The summed E-state index contributed by atoms with van der Waals surface area (Å²) in [5.41, 5.74) is 0.464. The molecule has 3 nitrogen and oxygen atoms in total. The van der Waals surface area contributed by atoms with E-state index >= 15 is 0 Å². The van der Waals surface area contributed by atoms with E-state index in [2.05, 4.69) is 15.7 Å². The molecule has 0 aromatic carbocycles. The topological polar surface area (TPSA) is 45.1 Å². The monoisotopic (exact) mass is 254 g/mol. The first-order valence-electron chi connectivity index (χ1n) is 6.36. The average Bonchev–Trinajstić information content (AvgIpc) is 2.99. The number of aromatic nitrogens is 1. The fourth-order valence-corrected chi connectivity index (χ4v) is 2.56. The molecule has 96 valence electrons. The second-order valence-corrected chi connectivity index (χ2v) is 6.46. The van der Waals surface area contributed by atoms with Crippen molar-refractivity contribution in [1.29, 1.82) is 0 Å². The number of nitrogens with one attached hydrogen (secondary N) is 1. The smallest absolute Gasteiger partial charge is 0.0959 e. The van der Waals surface area contributed by atoms with E-state index in [4.69, 9.17) is 0 Å². The highest BCUT2D eigenvalue weighted by Gasteiger charge is 2.27. The van der Waals surface area contributed by atoms with Gasteiger partial charge in [-0.05, 0) is 25.7 Å². The van der Waals surface area contributed by atoms with E-state index in [9.17, 15) is 5.11 Å². The van der Waals surface area contributed by atoms with Gasteiger partial charge in [0.2, 0.25) is 0 Å². The second-order valence-electron chi connectivity index (χ2n) is 5.57. The first kappa shape index (κ1) is 13.0. The Balaban J connectivity index is 1.77. The van der Waals surface area contributed by atoms with Crippen molar-refractivity contribution in [2.75, 3.05) is 6.54 Å². The largest absolute Gasteiger partial charge is 0.389 e. The van der Waals surface area contributed by atoms with Crippen molar-refractivity contribution in [3.8, 4) is 0 Å². The molecule has 1 atom stereocenters. The third-order valence-corrected chi connectivity index (χ3v) is 4.58. The maximum absolute atomic E-state index is 10.1. The number of hydrogen-bond acceptors (Lipinski definition) is 4. The molecule has 1 fully saturated rings. The van der Waals surface area contributed by atoms with Gasteiger partial charge in [-0.1, -0.05) is 13.8 Å². The molecule has 1 saturated carbocycles. The van der Waals surface area contributed by atoms with Gasteiger partial charge in [0, 0.05) is 24.4 Å². The lowest BCUT2D eigenvalue weighted by Crippen LogP contribution is -2.42. The van der Waals surface area contributed by atoms with Crippen molar-refractivity contribution >= 4 is 11.3 Å². The van der Waals surface area contributed by atoms with Crippen LogP contribution >= 0.6 is 11.3 Å². The van der Waals surface area contributed by atoms with E-state index in [1.54, 1.807) is 11.3 Å². The summed E-state index contributed by atoms with van der Waals surface area (Å²) >= 11 is 1.77. The van der Waals surface area contributed by atoms with Gasteiger partial charge in [-0.15, -0.1) is 11.3 Å². The van der Waals surface area contributed by atoms with Gasteiger partial charge in [-0.2, -0.15) is 0 Å². The molecule has 0 saturated heterocycles. The van der Waals surface area contributed by atoms with Crippen LogP contribution in [0.2, 0.25) is 0 Å². The zero-order chi connectivity index (χ0) is 12.5. The SMILES string of the molecule is CC(C)C(C)(O)CNCc1csc(C2CC2)n1. The van der Waals surface area contributed by atoms with Crippen LogP contribution in [0.3, 0.4) is 0 Å². The van der Waals surface area contributed by atoms with Gasteiger partial charge >= 0.3 is 0 Å². The van der Waals surface area contributed by atoms with Gasteiger partial charge < -0.3 is 10.4 Å². The third kappa shape index (κ3) is 3.50. The van der Waals surface area contributed by atoms with E-state index in [-0.39, 0.29) is 5.92 Å². The fourth-order valence-electron chi connectivity index (χ4n) is 1.57. The molecule has 1 aliphatic carbocycles. The highest BCUT2D eigenvalue weighted by molar-refractivity contribution is 7.09. The first-order chi connectivity index (χ1) is 7.99. The van der Waals surface area contributed by atoms with E-state index in [0.29, 0.717) is 6.54 Å². The molecular weight excluding hydrogens is 232 g/mol. The minimum atomic E-state index is -0.644. The number of rotatable bonds is 6. The van der Waals surface area contributed by atoms with E-state index in [1.165, 1.54) is 17.8 Å². The molecule has 2 N–H and O–H groups in total. The van der Waals surface area contributed by atoms with Gasteiger partial charge in [0.1, 0.15) is 0 Å². The predicted octanol–water partition coefficient (Wildman–Crippen LogP) is 2.52. The average molecular weight is 254 g/mol. The Morgan fingerprint density at radius 2 is 2.29 bits per heavy atom. The maximum Gasteiger partial charge on any atom is 0.0959 e. The molecule has 0 amide bonds. The molecule has 1 unspecified atom stereocenters. The van der Waals surface area contributed by atoms with Gasteiger partial charge in [-0.3, -0.25) is 0 Å². The summed E-state index contributed by atoms with van der Waals surface area (Å²) in [6, 6.07) is 0. The van der Waals surface area contributed by atoms with Crippen LogP contribution in [0.5, 0.6) is 0 Å². The fraction of sp³-hybridized carbons (Fsp3) is 0.769. The molecule has 0 aliphatic heterocycles. The molecule has 0 spiro atoms. The van der Waals surface area contributed by atoms with E-state index in [0.717, 1.165) is 18.2 Å². The number of aliphatic hydroxyl groups is 1. The molecule has 1 aromatic heterocycles. The van der Waals surface area contributed by atoms with Crippen LogP contribution in [-0.2, 0) is 6.54 Å². The van der Waals surface area contributed by atoms with Crippen molar-refractivity contribution in [3.63, 3.8) is 0 Å². The minimum Gasteiger partial charge on any atom is -0.389 e. The predicted molar refractivity (Wildman–Crippen MR) is 71.3 cm³/mol. The molecule has 1 heterocycles. The Labute approximate surface area is 107 Å². The molecular formula is C13H22N2OS. The molecule has 0 bridgehead atoms. The maximum atomic E-state index is 10.1. The molecule has 1 aromatic rings. The van der Waals surface area contributed by atoms with Crippen LogP contribution in [0, 0.1) is 5.92 Å². The molecule has 0 radical (unpaired) electrons. The molecule has 1 aliphatic rings. The van der Waals surface area contributed by atoms with Crippen molar-refractivity contribution in [2.24, 2.45) is 5.92 Å².